The third-order valence-corrected chi connectivity index (χ3v) is 8.02. The van der Waals surface area contributed by atoms with Crippen LogP contribution in [0.4, 0.5) is 11.8 Å². The van der Waals surface area contributed by atoms with Crippen molar-refractivity contribution in [2.45, 2.75) is 38.5 Å². The molecular weight excluding hydrogens is 330 g/mol. The van der Waals surface area contributed by atoms with Gasteiger partial charge in [0, 0.05) is 31.1 Å². The summed E-state index contributed by atoms with van der Waals surface area (Å²) in [5, 5.41) is 0. The van der Waals surface area contributed by atoms with Crippen molar-refractivity contribution in [3.8, 4) is 0 Å². The van der Waals surface area contributed by atoms with Crippen LogP contribution in [0.2, 0.25) is 0 Å². The average molecular weight is 358 g/mol. The second-order valence-corrected chi connectivity index (χ2v) is 9.90. The standard InChI is InChI=1S/C19H27N5S/c1-19(2)6-4-5-13-14-15(25-16(13)19)17(22-18(20)21-14)24-9-11-7-23(3)8-12(11)10-24/h11-12H,4-10H2,1-3H3,(H2,20,21,22)/t11-,12?/m0/s1. The third-order valence-electron chi connectivity index (χ3n) is 6.44. The Bertz CT molecular complexity index is 828. The van der Waals surface area contributed by atoms with E-state index in [1.54, 1.807) is 0 Å². The van der Waals surface area contributed by atoms with Crippen LogP contribution in [0.25, 0.3) is 10.2 Å². The van der Waals surface area contributed by atoms with Crippen LogP contribution in [0, 0.1) is 11.8 Å². The maximum absolute atomic E-state index is 6.14. The van der Waals surface area contributed by atoms with Crippen molar-refractivity contribution in [2.24, 2.45) is 11.8 Å². The summed E-state index contributed by atoms with van der Waals surface area (Å²) in [6, 6.07) is 0. The summed E-state index contributed by atoms with van der Waals surface area (Å²) in [5.41, 5.74) is 8.95. The minimum Gasteiger partial charge on any atom is -0.368 e. The Hall–Kier alpha value is -1.40. The van der Waals surface area contributed by atoms with E-state index in [9.17, 15) is 0 Å². The van der Waals surface area contributed by atoms with E-state index in [2.05, 4.69) is 35.7 Å². The average Bonchev–Trinajstić information content (AvgIpc) is 3.18. The van der Waals surface area contributed by atoms with Gasteiger partial charge in [-0.2, -0.15) is 4.98 Å². The van der Waals surface area contributed by atoms with Crippen molar-refractivity contribution in [3.63, 3.8) is 0 Å². The van der Waals surface area contributed by atoms with E-state index in [1.165, 1.54) is 41.1 Å². The normalized spacial score (nSPS) is 28.5. The Morgan fingerprint density at radius 2 is 1.84 bits per heavy atom. The number of hydrogen-bond acceptors (Lipinski definition) is 6. The fourth-order valence-corrected chi connectivity index (χ4v) is 6.68. The van der Waals surface area contributed by atoms with E-state index >= 15 is 0 Å². The molecule has 2 fully saturated rings. The Kier molecular flexibility index (Phi) is 3.36. The van der Waals surface area contributed by atoms with E-state index in [0.29, 0.717) is 5.95 Å². The number of fused-ring (bicyclic) bond motifs is 4. The maximum atomic E-state index is 6.14. The van der Waals surface area contributed by atoms with Crippen LogP contribution in [0.5, 0.6) is 0 Å². The van der Waals surface area contributed by atoms with Gasteiger partial charge >= 0.3 is 0 Å². The van der Waals surface area contributed by atoms with E-state index in [-0.39, 0.29) is 5.41 Å². The van der Waals surface area contributed by atoms with Gasteiger partial charge in [-0.05, 0) is 49.1 Å². The highest BCUT2D eigenvalue weighted by Crippen LogP contribution is 2.47. The van der Waals surface area contributed by atoms with Crippen molar-refractivity contribution in [3.05, 3.63) is 10.4 Å². The smallest absolute Gasteiger partial charge is 0.222 e. The van der Waals surface area contributed by atoms with Crippen molar-refractivity contribution >= 4 is 33.3 Å². The number of thiophene rings is 1. The van der Waals surface area contributed by atoms with Gasteiger partial charge in [-0.15, -0.1) is 11.3 Å². The highest BCUT2D eigenvalue weighted by atomic mass is 32.1. The Labute approximate surface area is 153 Å². The topological polar surface area (TPSA) is 58.3 Å². The third kappa shape index (κ3) is 2.37. The summed E-state index contributed by atoms with van der Waals surface area (Å²) in [6.07, 6.45) is 3.63. The predicted molar refractivity (Wildman–Crippen MR) is 104 cm³/mol. The summed E-state index contributed by atoms with van der Waals surface area (Å²) in [5.74, 6) is 3.06. The summed E-state index contributed by atoms with van der Waals surface area (Å²) < 4.78 is 1.27. The van der Waals surface area contributed by atoms with E-state index < -0.39 is 0 Å². The molecule has 6 heteroatoms. The van der Waals surface area contributed by atoms with Gasteiger partial charge in [-0.3, -0.25) is 0 Å². The zero-order chi connectivity index (χ0) is 17.3. The number of rotatable bonds is 1. The number of likely N-dealkylation sites (tertiary alicyclic amines) is 1. The monoisotopic (exact) mass is 357 g/mol. The lowest BCUT2D eigenvalue weighted by Gasteiger charge is -2.29. The van der Waals surface area contributed by atoms with Crippen molar-refractivity contribution in [2.75, 3.05) is 43.9 Å². The molecule has 2 aliphatic heterocycles. The number of aromatic nitrogens is 2. The molecule has 4 heterocycles. The van der Waals surface area contributed by atoms with Gasteiger partial charge in [0.05, 0.1) is 10.2 Å². The first kappa shape index (κ1) is 15.8. The molecule has 0 amide bonds. The second-order valence-electron chi connectivity index (χ2n) is 8.88. The SMILES string of the molecule is CN1CC2CN(c3nc(N)nc4c5c(sc34)C(C)(C)CCC5)C[C@@H]2C1. The zero-order valence-corrected chi connectivity index (χ0v) is 16.2. The molecule has 2 N–H and O–H groups in total. The molecule has 0 spiro atoms. The molecule has 0 bridgehead atoms. The number of nitrogen functional groups attached to an aromatic ring is 1. The van der Waals surface area contributed by atoms with Crippen LogP contribution in [-0.2, 0) is 11.8 Å². The van der Waals surface area contributed by atoms with Crippen LogP contribution in [0.3, 0.4) is 0 Å². The first-order valence-electron chi connectivity index (χ1n) is 9.45. The van der Waals surface area contributed by atoms with Gasteiger partial charge in [0.1, 0.15) is 0 Å². The first-order valence-corrected chi connectivity index (χ1v) is 10.3. The lowest BCUT2D eigenvalue weighted by Crippen LogP contribution is -2.27. The first-order chi connectivity index (χ1) is 11.9. The van der Waals surface area contributed by atoms with Crippen LogP contribution >= 0.6 is 11.3 Å². The Balaban J connectivity index is 1.61. The van der Waals surface area contributed by atoms with E-state index in [4.69, 9.17) is 10.7 Å². The highest BCUT2D eigenvalue weighted by Gasteiger charge is 2.40. The molecule has 3 aliphatic rings. The van der Waals surface area contributed by atoms with Gasteiger partial charge < -0.3 is 15.5 Å². The molecule has 1 unspecified atom stereocenters. The minimum absolute atomic E-state index is 0.245. The summed E-state index contributed by atoms with van der Waals surface area (Å²) in [7, 11) is 2.24. The summed E-state index contributed by atoms with van der Waals surface area (Å²) in [6.45, 7) is 9.36. The molecule has 2 saturated heterocycles. The molecular formula is C19H27N5S. The van der Waals surface area contributed by atoms with Gasteiger partial charge in [0.25, 0.3) is 0 Å². The van der Waals surface area contributed by atoms with E-state index in [0.717, 1.165) is 42.7 Å². The van der Waals surface area contributed by atoms with Crippen molar-refractivity contribution in [1.29, 1.82) is 0 Å². The molecule has 5 rings (SSSR count). The minimum atomic E-state index is 0.245. The quantitative estimate of drug-likeness (QED) is 0.850. The largest absolute Gasteiger partial charge is 0.368 e. The molecule has 2 aromatic heterocycles. The van der Waals surface area contributed by atoms with Gasteiger partial charge in [-0.25, -0.2) is 4.98 Å². The van der Waals surface area contributed by atoms with Crippen molar-refractivity contribution < 1.29 is 0 Å². The lowest BCUT2D eigenvalue weighted by atomic mass is 9.78. The Morgan fingerprint density at radius 1 is 1.12 bits per heavy atom. The number of hydrogen-bond donors (Lipinski definition) is 1. The fourth-order valence-electron chi connectivity index (χ4n) is 5.24. The second kappa shape index (κ2) is 5.30. The van der Waals surface area contributed by atoms with Crippen LogP contribution in [0.15, 0.2) is 0 Å². The van der Waals surface area contributed by atoms with Crippen LogP contribution in [-0.4, -0.2) is 48.1 Å². The highest BCUT2D eigenvalue weighted by molar-refractivity contribution is 7.20. The van der Waals surface area contributed by atoms with Gasteiger partial charge in [0.2, 0.25) is 5.95 Å². The van der Waals surface area contributed by atoms with Gasteiger partial charge in [-0.1, -0.05) is 13.8 Å². The van der Waals surface area contributed by atoms with Gasteiger partial charge in [0.15, 0.2) is 5.82 Å². The number of anilines is 2. The zero-order valence-electron chi connectivity index (χ0n) is 15.4. The predicted octanol–water partition coefficient (Wildman–Crippen LogP) is 2.89. The molecule has 25 heavy (non-hydrogen) atoms. The molecule has 0 radical (unpaired) electrons. The summed E-state index contributed by atoms with van der Waals surface area (Å²) in [4.78, 5) is 15.8. The number of nitrogens with zero attached hydrogens (tertiary/aromatic N) is 4. The molecule has 5 nitrogen and oxygen atoms in total. The molecule has 2 atom stereocenters. The molecule has 0 aromatic carbocycles. The number of aryl methyl sites for hydroxylation is 1. The van der Waals surface area contributed by atoms with Crippen molar-refractivity contribution in [1.82, 2.24) is 14.9 Å². The fraction of sp³-hybridized carbons (Fsp3) is 0.684. The molecule has 0 saturated carbocycles. The number of nitrogens with two attached hydrogens (primary N) is 1. The Morgan fingerprint density at radius 3 is 2.56 bits per heavy atom. The maximum Gasteiger partial charge on any atom is 0.222 e. The molecule has 1 aliphatic carbocycles. The lowest BCUT2D eigenvalue weighted by molar-refractivity contribution is 0.387. The molecule has 134 valence electrons. The summed E-state index contributed by atoms with van der Waals surface area (Å²) >= 11 is 1.92. The molecule has 2 aromatic rings. The van der Waals surface area contributed by atoms with Crippen LogP contribution < -0.4 is 10.6 Å². The van der Waals surface area contributed by atoms with Crippen LogP contribution in [0.1, 0.15) is 37.1 Å². The van der Waals surface area contributed by atoms with E-state index in [1.807, 2.05) is 11.3 Å².